The topological polar surface area (TPSA) is 86.2 Å². The second-order valence-electron chi connectivity index (χ2n) is 8.33. The minimum absolute atomic E-state index is 0.193. The molecule has 35 heavy (non-hydrogen) atoms. The van der Waals surface area contributed by atoms with Gasteiger partial charge >= 0.3 is 5.97 Å². The molecule has 1 N–H and O–H groups in total. The van der Waals surface area contributed by atoms with Crippen LogP contribution in [0, 0.1) is 5.92 Å². The molecule has 0 fully saturated rings. The first-order valence-corrected chi connectivity index (χ1v) is 11.4. The highest BCUT2D eigenvalue weighted by Crippen LogP contribution is 2.22. The van der Waals surface area contributed by atoms with Crippen molar-refractivity contribution in [1.29, 1.82) is 0 Å². The first-order chi connectivity index (χ1) is 16.9. The SMILES string of the molecule is COc1ccc(/C=N\NC(=O)Cc2ccccc2)cc1COc1ccc(C(=O)OCC(C)C)cc1. The summed E-state index contributed by atoms with van der Waals surface area (Å²) in [5.41, 5.74) is 5.54. The Kier molecular flexibility index (Phi) is 9.42. The highest BCUT2D eigenvalue weighted by atomic mass is 16.5. The number of benzene rings is 3. The van der Waals surface area contributed by atoms with E-state index in [9.17, 15) is 9.59 Å². The lowest BCUT2D eigenvalue weighted by atomic mass is 10.1. The summed E-state index contributed by atoms with van der Waals surface area (Å²) in [6, 6.07) is 21.8. The molecular formula is C28H30N2O5. The first kappa shape index (κ1) is 25.5. The number of carbonyl (C=O) groups excluding carboxylic acids is 2. The summed E-state index contributed by atoms with van der Waals surface area (Å²) in [5, 5.41) is 4.05. The molecular weight excluding hydrogens is 444 g/mol. The fourth-order valence-electron chi connectivity index (χ4n) is 3.17. The van der Waals surface area contributed by atoms with Gasteiger partial charge in [-0.1, -0.05) is 44.2 Å². The van der Waals surface area contributed by atoms with Gasteiger partial charge in [-0.05, 0) is 59.5 Å². The van der Waals surface area contributed by atoms with Gasteiger partial charge in [0.05, 0.1) is 31.9 Å². The molecule has 3 rings (SSSR count). The van der Waals surface area contributed by atoms with Crippen LogP contribution in [0.25, 0.3) is 0 Å². The van der Waals surface area contributed by atoms with Gasteiger partial charge in [0.1, 0.15) is 18.1 Å². The van der Waals surface area contributed by atoms with Gasteiger partial charge in [0.2, 0.25) is 5.91 Å². The summed E-state index contributed by atoms with van der Waals surface area (Å²) in [4.78, 5) is 24.1. The van der Waals surface area contributed by atoms with Crippen molar-refractivity contribution >= 4 is 18.1 Å². The van der Waals surface area contributed by atoms with Crippen molar-refractivity contribution in [1.82, 2.24) is 5.43 Å². The van der Waals surface area contributed by atoms with Crippen molar-refractivity contribution in [2.24, 2.45) is 11.0 Å². The molecule has 0 heterocycles. The van der Waals surface area contributed by atoms with E-state index in [1.165, 1.54) is 0 Å². The average Bonchev–Trinajstić information content (AvgIpc) is 2.87. The van der Waals surface area contributed by atoms with Crippen LogP contribution in [0.15, 0.2) is 77.9 Å². The number of rotatable bonds is 11. The van der Waals surface area contributed by atoms with E-state index in [1.807, 2.05) is 62.4 Å². The fourth-order valence-corrected chi connectivity index (χ4v) is 3.17. The molecule has 7 heteroatoms. The predicted octanol–water partition coefficient (Wildman–Crippen LogP) is 4.78. The van der Waals surface area contributed by atoms with Crippen LogP contribution in [0.3, 0.4) is 0 Å². The van der Waals surface area contributed by atoms with Gasteiger partial charge in [-0.15, -0.1) is 0 Å². The number of nitrogens with one attached hydrogen (secondary N) is 1. The smallest absolute Gasteiger partial charge is 0.338 e. The third-order valence-corrected chi connectivity index (χ3v) is 4.95. The van der Waals surface area contributed by atoms with Gasteiger partial charge < -0.3 is 14.2 Å². The van der Waals surface area contributed by atoms with Crippen molar-refractivity contribution in [2.75, 3.05) is 13.7 Å². The number of amides is 1. The van der Waals surface area contributed by atoms with E-state index in [0.717, 1.165) is 16.7 Å². The molecule has 0 aliphatic rings. The van der Waals surface area contributed by atoms with E-state index in [-0.39, 0.29) is 30.8 Å². The number of esters is 1. The molecule has 0 unspecified atom stereocenters. The largest absolute Gasteiger partial charge is 0.496 e. The van der Waals surface area contributed by atoms with Gasteiger partial charge in [-0.25, -0.2) is 10.2 Å². The maximum atomic E-state index is 12.1. The molecule has 0 saturated heterocycles. The Hall–Kier alpha value is -4.13. The second-order valence-corrected chi connectivity index (χ2v) is 8.33. The van der Waals surface area contributed by atoms with Crippen LogP contribution < -0.4 is 14.9 Å². The Bertz CT molecular complexity index is 1140. The number of nitrogens with zero attached hydrogens (tertiary/aromatic N) is 1. The van der Waals surface area contributed by atoms with Crippen LogP contribution in [-0.2, 0) is 22.6 Å². The summed E-state index contributed by atoms with van der Waals surface area (Å²) < 4.78 is 16.6. The molecule has 0 aromatic heterocycles. The highest BCUT2D eigenvalue weighted by molar-refractivity contribution is 5.89. The molecule has 0 saturated carbocycles. The zero-order valence-corrected chi connectivity index (χ0v) is 20.2. The molecule has 0 spiro atoms. The second kappa shape index (κ2) is 12.9. The number of ether oxygens (including phenoxy) is 3. The van der Waals surface area contributed by atoms with Crippen LogP contribution in [-0.4, -0.2) is 31.8 Å². The minimum Gasteiger partial charge on any atom is -0.496 e. The zero-order valence-electron chi connectivity index (χ0n) is 20.2. The molecule has 0 aliphatic carbocycles. The Labute approximate surface area is 205 Å². The van der Waals surface area contributed by atoms with Crippen LogP contribution in [0.1, 0.15) is 40.9 Å². The Morgan fingerprint density at radius 2 is 1.74 bits per heavy atom. The normalized spacial score (nSPS) is 10.9. The molecule has 3 aromatic carbocycles. The van der Waals surface area contributed by atoms with Crippen LogP contribution in [0.4, 0.5) is 0 Å². The van der Waals surface area contributed by atoms with Crippen LogP contribution in [0.5, 0.6) is 11.5 Å². The van der Waals surface area contributed by atoms with Crippen LogP contribution >= 0.6 is 0 Å². The van der Waals surface area contributed by atoms with E-state index >= 15 is 0 Å². The Balaban J connectivity index is 1.57. The van der Waals surface area contributed by atoms with Crippen molar-refractivity contribution in [3.8, 4) is 11.5 Å². The zero-order chi connectivity index (χ0) is 25.0. The van der Waals surface area contributed by atoms with E-state index < -0.39 is 0 Å². The molecule has 0 radical (unpaired) electrons. The third-order valence-electron chi connectivity index (χ3n) is 4.95. The number of hydrogen-bond donors (Lipinski definition) is 1. The van der Waals surface area contributed by atoms with E-state index in [0.29, 0.717) is 23.7 Å². The lowest BCUT2D eigenvalue weighted by molar-refractivity contribution is -0.120. The van der Waals surface area contributed by atoms with Crippen molar-refractivity contribution in [2.45, 2.75) is 26.9 Å². The van der Waals surface area contributed by atoms with E-state index in [1.54, 1.807) is 37.6 Å². The lowest BCUT2D eigenvalue weighted by Gasteiger charge is -2.12. The minimum atomic E-state index is -0.352. The summed E-state index contributed by atoms with van der Waals surface area (Å²) in [5.74, 6) is 1.02. The maximum absolute atomic E-state index is 12.1. The van der Waals surface area contributed by atoms with Gasteiger partial charge in [0, 0.05) is 5.56 Å². The third kappa shape index (κ3) is 8.30. The Morgan fingerprint density at radius 3 is 2.43 bits per heavy atom. The quantitative estimate of drug-likeness (QED) is 0.246. The summed E-state index contributed by atoms with van der Waals surface area (Å²) in [7, 11) is 1.59. The molecule has 3 aromatic rings. The molecule has 7 nitrogen and oxygen atoms in total. The summed E-state index contributed by atoms with van der Waals surface area (Å²) in [6.45, 7) is 4.61. The number of carbonyl (C=O) groups is 2. The van der Waals surface area contributed by atoms with Crippen LogP contribution in [0.2, 0.25) is 0 Å². The fraction of sp³-hybridized carbons (Fsp3) is 0.250. The molecule has 0 atom stereocenters. The van der Waals surface area contributed by atoms with Gasteiger partial charge in [-0.3, -0.25) is 4.79 Å². The standard InChI is InChI=1S/C28H30N2O5/c1-20(2)18-35-28(32)23-10-12-25(13-11-23)34-19-24-15-22(9-14-26(24)33-3)17-29-30-27(31)16-21-7-5-4-6-8-21/h4-15,17,20H,16,18-19H2,1-3H3,(H,30,31)/b29-17-. The maximum Gasteiger partial charge on any atom is 0.338 e. The lowest BCUT2D eigenvalue weighted by Crippen LogP contribution is -2.19. The Morgan fingerprint density at radius 1 is 1.00 bits per heavy atom. The first-order valence-electron chi connectivity index (χ1n) is 11.4. The molecule has 0 bridgehead atoms. The van der Waals surface area contributed by atoms with Gasteiger partial charge in [-0.2, -0.15) is 5.10 Å². The monoisotopic (exact) mass is 474 g/mol. The number of hydrazone groups is 1. The van der Waals surface area contributed by atoms with Crippen molar-refractivity contribution in [3.05, 3.63) is 95.1 Å². The predicted molar refractivity (Wildman–Crippen MR) is 135 cm³/mol. The number of methoxy groups -OCH3 is 1. The van der Waals surface area contributed by atoms with Gasteiger partial charge in [0.15, 0.2) is 0 Å². The van der Waals surface area contributed by atoms with Crippen molar-refractivity contribution in [3.63, 3.8) is 0 Å². The molecule has 0 aliphatic heterocycles. The number of hydrogen-bond acceptors (Lipinski definition) is 6. The highest BCUT2D eigenvalue weighted by Gasteiger charge is 2.10. The van der Waals surface area contributed by atoms with Gasteiger partial charge in [0.25, 0.3) is 0 Å². The molecule has 1 amide bonds. The summed E-state index contributed by atoms with van der Waals surface area (Å²) >= 11 is 0. The average molecular weight is 475 g/mol. The molecule has 182 valence electrons. The summed E-state index contributed by atoms with van der Waals surface area (Å²) in [6.07, 6.45) is 1.83. The van der Waals surface area contributed by atoms with E-state index in [4.69, 9.17) is 14.2 Å². The van der Waals surface area contributed by atoms with E-state index in [2.05, 4.69) is 10.5 Å². The van der Waals surface area contributed by atoms with Crippen molar-refractivity contribution < 1.29 is 23.8 Å².